The molecule has 0 aromatic carbocycles. The average molecular weight is 305 g/mol. The van der Waals surface area contributed by atoms with Crippen molar-refractivity contribution in [1.82, 2.24) is 0 Å². The van der Waals surface area contributed by atoms with Crippen LogP contribution in [0.4, 0.5) is 0 Å². The molecule has 1 aliphatic rings. The second kappa shape index (κ2) is 10.3. The number of hydrogen-bond acceptors (Lipinski definition) is 5. The van der Waals surface area contributed by atoms with E-state index in [9.17, 15) is 0 Å². The smallest absolute Gasteiger partial charge is 0.208 e. The van der Waals surface area contributed by atoms with Crippen molar-refractivity contribution in [3.05, 3.63) is 0 Å². The lowest BCUT2D eigenvalue weighted by molar-refractivity contribution is 0.483. The molecule has 0 aromatic heterocycles. The van der Waals surface area contributed by atoms with E-state index in [0.717, 1.165) is 11.4 Å². The first-order valence-electron chi connectivity index (χ1n) is 5.37. The van der Waals surface area contributed by atoms with E-state index in [2.05, 4.69) is 27.7 Å². The molecule has 1 saturated heterocycles. The van der Waals surface area contributed by atoms with Crippen molar-refractivity contribution in [1.29, 1.82) is 0 Å². The second-order valence-electron chi connectivity index (χ2n) is 4.14. The Morgan fingerprint density at radius 3 is 1.75 bits per heavy atom. The Morgan fingerprint density at radius 2 is 1.69 bits per heavy atom. The van der Waals surface area contributed by atoms with E-state index in [-0.39, 0.29) is 0 Å². The third-order valence-corrected chi connectivity index (χ3v) is 7.54. The second-order valence-corrected chi connectivity index (χ2v) is 12.5. The molecule has 16 heavy (non-hydrogen) atoms. The van der Waals surface area contributed by atoms with Crippen molar-refractivity contribution in [2.24, 2.45) is 0 Å². The molecule has 1 heterocycles. The summed E-state index contributed by atoms with van der Waals surface area (Å²) < 4.78 is 0.574. The molecule has 0 radical (unpaired) electrons. The normalized spacial score (nSPS) is 18.0. The fourth-order valence-electron chi connectivity index (χ4n) is 0.530. The molecule has 1 aliphatic heterocycles. The van der Waals surface area contributed by atoms with Crippen molar-refractivity contribution < 1.29 is 9.79 Å². The Bertz CT molecular complexity index is 153. The summed E-state index contributed by atoms with van der Waals surface area (Å²) >= 11 is 1.10. The lowest BCUT2D eigenvalue weighted by Crippen LogP contribution is -2.07. The molecule has 0 bridgehead atoms. The van der Waals surface area contributed by atoms with Gasteiger partial charge in [-0.15, -0.1) is 0 Å². The minimum Gasteiger partial charge on any atom is -0.208 e. The molecule has 100 valence electrons. The number of hydrogen-bond donors (Lipinski definition) is 2. The summed E-state index contributed by atoms with van der Waals surface area (Å²) in [6.45, 7) is 7.80. The molecular weight excluding hydrogens is 279 g/mol. The average Bonchev–Trinajstić information content (AvgIpc) is 2.51. The van der Waals surface area contributed by atoms with Crippen molar-refractivity contribution in [3.63, 3.8) is 0 Å². The lowest BCUT2D eigenvalue weighted by Gasteiger charge is -2.11. The Morgan fingerprint density at radius 1 is 1.31 bits per heavy atom. The molecule has 0 spiro atoms. The minimum absolute atomic E-state index is 0.574. The Hall–Kier alpha value is 1.40. The van der Waals surface area contributed by atoms with Gasteiger partial charge in [0.2, 0.25) is 0 Å². The van der Waals surface area contributed by atoms with Crippen LogP contribution in [-0.2, 0) is 0 Å². The molecule has 0 aromatic rings. The van der Waals surface area contributed by atoms with Gasteiger partial charge in [-0.25, -0.2) is 9.79 Å². The monoisotopic (exact) mass is 305 g/mol. The highest BCUT2D eigenvalue weighted by molar-refractivity contribution is 8.77. The van der Waals surface area contributed by atoms with Gasteiger partial charge in [0, 0.05) is 16.8 Å². The maximum atomic E-state index is 8.46. The van der Waals surface area contributed by atoms with Gasteiger partial charge in [-0.2, -0.15) is 0 Å². The third-order valence-electron chi connectivity index (χ3n) is 1.42. The largest absolute Gasteiger partial charge is 0.323 e. The molecule has 0 saturated carbocycles. The quantitative estimate of drug-likeness (QED) is 0.543. The van der Waals surface area contributed by atoms with Crippen LogP contribution in [-0.4, -0.2) is 33.2 Å². The summed E-state index contributed by atoms with van der Waals surface area (Å²) in [6.07, 6.45) is 4.30. The first-order valence-corrected chi connectivity index (χ1v) is 11.7. The molecule has 2 nitrogen and oxygen atoms in total. The predicted octanol–water partition coefficient (Wildman–Crippen LogP) is 4.69. The van der Waals surface area contributed by atoms with Crippen LogP contribution in [0.25, 0.3) is 0 Å². The Kier molecular flexibility index (Phi) is 12.7. The lowest BCUT2D eigenvalue weighted by atomic mass is 10.1. The van der Waals surface area contributed by atoms with Crippen molar-refractivity contribution in [3.8, 4) is 0 Å². The van der Waals surface area contributed by atoms with Crippen LogP contribution in [0.5, 0.6) is 0 Å². The Balaban J connectivity index is 0. The van der Waals surface area contributed by atoms with Gasteiger partial charge in [0.05, 0.1) is 11.4 Å². The molecule has 1 rings (SSSR count). The van der Waals surface area contributed by atoms with Crippen LogP contribution in [0.15, 0.2) is 0 Å². The first-order chi connectivity index (χ1) is 7.18. The fraction of sp³-hybridized carbons (Fsp3) is 1.00. The maximum absolute atomic E-state index is 8.46. The van der Waals surface area contributed by atoms with Crippen molar-refractivity contribution >= 4 is 39.9 Å². The van der Waals surface area contributed by atoms with E-state index in [1.165, 1.54) is 25.3 Å². The zero-order valence-corrected chi connectivity index (χ0v) is 14.5. The van der Waals surface area contributed by atoms with Crippen LogP contribution in [0.2, 0.25) is 0 Å². The van der Waals surface area contributed by atoms with Crippen LogP contribution < -0.4 is 0 Å². The molecular formula is C10H26O2PS3+. The van der Waals surface area contributed by atoms with E-state index in [1.807, 2.05) is 21.6 Å². The fourth-order valence-corrected chi connectivity index (χ4v) is 3.55. The van der Waals surface area contributed by atoms with Gasteiger partial charge in [0.25, 0.3) is 0 Å². The molecule has 0 atom stereocenters. The molecule has 0 amide bonds. The van der Waals surface area contributed by atoms with E-state index < -0.39 is 6.92 Å². The van der Waals surface area contributed by atoms with Crippen LogP contribution >= 0.6 is 39.9 Å². The van der Waals surface area contributed by atoms with Gasteiger partial charge in [-0.05, 0) is 20.3 Å². The standard InChI is InChI=1S/C5H10S2.C3H8.C2H8O2PS/c1-5(2)3-4-6-7-5;1-3-2;1-5(3,4)6-2/h3-4H2,1-2H3;3H2,1-2H3;3-4H,1-2H3/q;;+1. The molecule has 1 fully saturated rings. The Labute approximate surface area is 113 Å². The van der Waals surface area contributed by atoms with Gasteiger partial charge in [0.1, 0.15) is 6.66 Å². The summed E-state index contributed by atoms with van der Waals surface area (Å²) in [7, 11) is 4.01. The van der Waals surface area contributed by atoms with Gasteiger partial charge < -0.3 is 0 Å². The highest BCUT2D eigenvalue weighted by Gasteiger charge is 2.24. The van der Waals surface area contributed by atoms with Crippen LogP contribution in [0.1, 0.15) is 40.5 Å². The van der Waals surface area contributed by atoms with E-state index >= 15 is 0 Å². The van der Waals surface area contributed by atoms with Gasteiger partial charge in [0.15, 0.2) is 0 Å². The summed E-state index contributed by atoms with van der Waals surface area (Å²) in [5.41, 5.74) is 0. The highest BCUT2D eigenvalue weighted by atomic mass is 33.1. The zero-order valence-electron chi connectivity index (χ0n) is 11.2. The van der Waals surface area contributed by atoms with Gasteiger partial charge >= 0.3 is 6.92 Å². The molecule has 2 N–H and O–H groups in total. The maximum Gasteiger partial charge on any atom is 0.323 e. The topological polar surface area (TPSA) is 40.5 Å². The minimum atomic E-state index is -2.48. The highest BCUT2D eigenvalue weighted by Crippen LogP contribution is 2.57. The van der Waals surface area contributed by atoms with E-state index in [1.54, 1.807) is 6.26 Å². The van der Waals surface area contributed by atoms with E-state index in [0.29, 0.717) is 4.75 Å². The van der Waals surface area contributed by atoms with Gasteiger partial charge in [-0.1, -0.05) is 41.9 Å². The summed E-state index contributed by atoms with van der Waals surface area (Å²) in [6, 6.07) is 0. The van der Waals surface area contributed by atoms with Crippen molar-refractivity contribution in [2.75, 3.05) is 18.7 Å². The van der Waals surface area contributed by atoms with E-state index in [4.69, 9.17) is 9.79 Å². The summed E-state index contributed by atoms with van der Waals surface area (Å²) in [5, 5.41) is 0. The van der Waals surface area contributed by atoms with Gasteiger partial charge in [-0.3, -0.25) is 0 Å². The molecule has 0 unspecified atom stereocenters. The summed E-state index contributed by atoms with van der Waals surface area (Å²) in [4.78, 5) is 16.9. The zero-order chi connectivity index (χ0) is 13.2. The SMILES string of the molecule is CC1(C)CCSS1.CCC.CS[P+](C)(O)O. The van der Waals surface area contributed by atoms with Crippen LogP contribution in [0.3, 0.4) is 0 Å². The van der Waals surface area contributed by atoms with Crippen molar-refractivity contribution in [2.45, 2.75) is 45.3 Å². The first kappa shape index (κ1) is 19.7. The third kappa shape index (κ3) is 17.8. The predicted molar refractivity (Wildman–Crippen MR) is 85.5 cm³/mol. The summed E-state index contributed by atoms with van der Waals surface area (Å²) in [5.74, 6) is 1.34. The molecule has 0 aliphatic carbocycles. The van der Waals surface area contributed by atoms with Crippen LogP contribution in [0, 0.1) is 0 Å². The number of rotatable bonds is 1. The molecule has 6 heteroatoms.